The highest BCUT2D eigenvalue weighted by molar-refractivity contribution is 5.62. The molecule has 0 spiro atoms. The SMILES string of the molecule is Nc1cc(O)cc(O)c1O. The minimum absolute atomic E-state index is 0.0440. The van der Waals surface area contributed by atoms with Crippen LogP contribution in [-0.4, -0.2) is 15.3 Å². The zero-order chi connectivity index (χ0) is 7.72. The third-order valence-electron chi connectivity index (χ3n) is 1.10. The normalized spacial score (nSPS) is 9.60. The van der Waals surface area contributed by atoms with Crippen molar-refractivity contribution in [3.05, 3.63) is 12.1 Å². The standard InChI is InChI=1S/C6H7NO3/c7-4-1-3(8)2-5(9)6(4)10/h1-2,8-10H,7H2. The van der Waals surface area contributed by atoms with Gasteiger partial charge in [-0.2, -0.15) is 0 Å². The maximum absolute atomic E-state index is 8.84. The van der Waals surface area contributed by atoms with Crippen LogP contribution in [0.3, 0.4) is 0 Å². The summed E-state index contributed by atoms with van der Waals surface area (Å²) < 4.78 is 0. The molecule has 0 aromatic heterocycles. The highest BCUT2D eigenvalue weighted by Crippen LogP contribution is 2.34. The molecular formula is C6H7NO3. The molecule has 1 aromatic carbocycles. The number of hydrogen-bond acceptors (Lipinski definition) is 4. The van der Waals surface area contributed by atoms with E-state index in [0.717, 1.165) is 12.1 Å². The Kier molecular flexibility index (Phi) is 1.30. The van der Waals surface area contributed by atoms with Crippen LogP contribution in [0, 0.1) is 0 Å². The molecule has 0 unspecified atom stereocenters. The highest BCUT2D eigenvalue weighted by atomic mass is 16.3. The second-order valence-electron chi connectivity index (χ2n) is 1.90. The predicted octanol–water partition coefficient (Wildman–Crippen LogP) is 0.386. The van der Waals surface area contributed by atoms with Gasteiger partial charge in [-0.3, -0.25) is 0 Å². The average Bonchev–Trinajstić information content (AvgIpc) is 1.82. The number of benzene rings is 1. The van der Waals surface area contributed by atoms with Gasteiger partial charge in [-0.25, -0.2) is 0 Å². The fraction of sp³-hybridized carbons (Fsp3) is 0. The molecule has 0 heterocycles. The summed E-state index contributed by atoms with van der Waals surface area (Å²) in [6.07, 6.45) is 0. The maximum Gasteiger partial charge on any atom is 0.181 e. The Balaban J connectivity index is 3.31. The van der Waals surface area contributed by atoms with E-state index in [0.29, 0.717) is 0 Å². The molecule has 1 rings (SSSR count). The van der Waals surface area contributed by atoms with Crippen LogP contribution in [-0.2, 0) is 0 Å². The lowest BCUT2D eigenvalue weighted by Crippen LogP contribution is -1.84. The van der Waals surface area contributed by atoms with Crippen molar-refractivity contribution in [2.24, 2.45) is 0 Å². The fourth-order valence-corrected chi connectivity index (χ4v) is 0.626. The van der Waals surface area contributed by atoms with Gasteiger partial charge in [0.1, 0.15) is 5.75 Å². The first-order chi connectivity index (χ1) is 4.61. The zero-order valence-corrected chi connectivity index (χ0v) is 5.07. The number of aromatic hydroxyl groups is 3. The smallest absolute Gasteiger partial charge is 0.181 e. The van der Waals surface area contributed by atoms with E-state index in [1.165, 1.54) is 0 Å². The summed E-state index contributed by atoms with van der Waals surface area (Å²) in [7, 11) is 0. The predicted molar refractivity (Wildman–Crippen MR) is 35.8 cm³/mol. The molecular weight excluding hydrogens is 134 g/mol. The van der Waals surface area contributed by atoms with Crippen molar-refractivity contribution in [3.8, 4) is 17.2 Å². The summed E-state index contributed by atoms with van der Waals surface area (Å²) in [5.41, 5.74) is 5.11. The van der Waals surface area contributed by atoms with Crippen LogP contribution in [0.5, 0.6) is 17.2 Å². The molecule has 0 atom stereocenters. The molecule has 54 valence electrons. The van der Waals surface area contributed by atoms with E-state index in [1.54, 1.807) is 0 Å². The summed E-state index contributed by atoms with van der Waals surface area (Å²) in [6, 6.07) is 2.15. The number of nitrogen functional groups attached to an aromatic ring is 1. The first-order valence-electron chi connectivity index (χ1n) is 2.61. The Morgan fingerprint density at radius 2 is 1.70 bits per heavy atom. The van der Waals surface area contributed by atoms with E-state index in [-0.39, 0.29) is 11.4 Å². The lowest BCUT2D eigenvalue weighted by Gasteiger charge is -2.00. The quantitative estimate of drug-likeness (QED) is 0.239. The minimum Gasteiger partial charge on any atom is -0.508 e. The molecule has 0 aliphatic rings. The molecule has 1 aromatic rings. The molecule has 0 amide bonds. The van der Waals surface area contributed by atoms with Gasteiger partial charge in [0.05, 0.1) is 5.69 Å². The van der Waals surface area contributed by atoms with Gasteiger partial charge in [-0.15, -0.1) is 0 Å². The molecule has 0 bridgehead atoms. The second kappa shape index (κ2) is 1.98. The lowest BCUT2D eigenvalue weighted by atomic mass is 10.2. The van der Waals surface area contributed by atoms with Crippen LogP contribution in [0.4, 0.5) is 5.69 Å². The van der Waals surface area contributed by atoms with Gasteiger partial charge in [-0.05, 0) is 0 Å². The van der Waals surface area contributed by atoms with Crippen LogP contribution in [0.2, 0.25) is 0 Å². The van der Waals surface area contributed by atoms with E-state index in [1.807, 2.05) is 0 Å². The van der Waals surface area contributed by atoms with E-state index < -0.39 is 11.5 Å². The van der Waals surface area contributed by atoms with Crippen LogP contribution in [0.1, 0.15) is 0 Å². The van der Waals surface area contributed by atoms with Crippen molar-refractivity contribution in [3.63, 3.8) is 0 Å². The summed E-state index contributed by atoms with van der Waals surface area (Å²) in [5.74, 6) is -0.997. The van der Waals surface area contributed by atoms with E-state index in [2.05, 4.69) is 0 Å². The van der Waals surface area contributed by atoms with Gasteiger partial charge in [0.2, 0.25) is 0 Å². The topological polar surface area (TPSA) is 86.7 Å². The molecule has 0 saturated heterocycles. The molecule has 5 N–H and O–H groups in total. The Hall–Kier alpha value is -1.58. The average molecular weight is 141 g/mol. The Morgan fingerprint density at radius 1 is 1.10 bits per heavy atom. The summed E-state index contributed by atoms with van der Waals surface area (Å²) in [6.45, 7) is 0. The molecule has 0 aliphatic carbocycles. The third-order valence-corrected chi connectivity index (χ3v) is 1.10. The first-order valence-corrected chi connectivity index (χ1v) is 2.61. The Morgan fingerprint density at radius 3 is 2.20 bits per heavy atom. The van der Waals surface area contributed by atoms with Gasteiger partial charge < -0.3 is 21.1 Å². The van der Waals surface area contributed by atoms with E-state index >= 15 is 0 Å². The molecule has 0 aliphatic heterocycles. The summed E-state index contributed by atoms with van der Waals surface area (Å²) in [5, 5.41) is 26.4. The number of phenolic OH excluding ortho intramolecular Hbond substituents is 3. The van der Waals surface area contributed by atoms with Crippen molar-refractivity contribution in [2.45, 2.75) is 0 Å². The Bertz CT molecular complexity index is 236. The maximum atomic E-state index is 8.84. The first kappa shape index (κ1) is 6.54. The van der Waals surface area contributed by atoms with Crippen molar-refractivity contribution in [1.82, 2.24) is 0 Å². The van der Waals surface area contributed by atoms with Gasteiger partial charge in [0.15, 0.2) is 11.5 Å². The largest absolute Gasteiger partial charge is 0.508 e. The second-order valence-corrected chi connectivity index (χ2v) is 1.90. The number of anilines is 1. The van der Waals surface area contributed by atoms with Gasteiger partial charge >= 0.3 is 0 Å². The number of phenols is 3. The zero-order valence-electron chi connectivity index (χ0n) is 5.07. The molecule has 0 saturated carbocycles. The minimum atomic E-state index is -0.419. The number of rotatable bonds is 0. The van der Waals surface area contributed by atoms with Crippen LogP contribution < -0.4 is 5.73 Å². The molecule has 0 fully saturated rings. The molecule has 10 heavy (non-hydrogen) atoms. The lowest BCUT2D eigenvalue weighted by molar-refractivity contribution is 0.398. The molecule has 0 radical (unpaired) electrons. The highest BCUT2D eigenvalue weighted by Gasteiger charge is 2.04. The van der Waals surface area contributed by atoms with Crippen molar-refractivity contribution >= 4 is 5.69 Å². The van der Waals surface area contributed by atoms with Gasteiger partial charge in [0, 0.05) is 12.1 Å². The third kappa shape index (κ3) is 0.907. The van der Waals surface area contributed by atoms with E-state index in [4.69, 9.17) is 21.1 Å². The van der Waals surface area contributed by atoms with Crippen LogP contribution in [0.25, 0.3) is 0 Å². The van der Waals surface area contributed by atoms with Gasteiger partial charge in [0.25, 0.3) is 0 Å². The Labute approximate surface area is 57.2 Å². The van der Waals surface area contributed by atoms with Crippen molar-refractivity contribution < 1.29 is 15.3 Å². The molecule has 4 nitrogen and oxygen atoms in total. The van der Waals surface area contributed by atoms with E-state index in [9.17, 15) is 0 Å². The van der Waals surface area contributed by atoms with Crippen molar-refractivity contribution in [2.75, 3.05) is 5.73 Å². The van der Waals surface area contributed by atoms with Crippen LogP contribution in [0.15, 0.2) is 12.1 Å². The van der Waals surface area contributed by atoms with Crippen molar-refractivity contribution in [1.29, 1.82) is 0 Å². The number of hydrogen-bond donors (Lipinski definition) is 4. The monoisotopic (exact) mass is 141 g/mol. The number of nitrogens with two attached hydrogens (primary N) is 1. The summed E-state index contributed by atoms with van der Waals surface area (Å²) in [4.78, 5) is 0. The van der Waals surface area contributed by atoms with Crippen LogP contribution >= 0.6 is 0 Å². The summed E-state index contributed by atoms with van der Waals surface area (Å²) >= 11 is 0. The van der Waals surface area contributed by atoms with Gasteiger partial charge in [-0.1, -0.05) is 0 Å². The fourth-order valence-electron chi connectivity index (χ4n) is 0.626. The molecule has 4 heteroatoms.